The SMILES string of the molecule is NCCC(=O)c1c(O)c(Br)cc2c1OCO2. The molecule has 0 fully saturated rings. The molecule has 3 N–H and O–H groups in total. The van der Waals surface area contributed by atoms with Gasteiger partial charge in [0.05, 0.1) is 4.47 Å². The molecule has 2 rings (SSSR count). The number of Topliss-reactive ketones (excluding diaryl/α,β-unsaturated/α-hetero) is 1. The van der Waals surface area contributed by atoms with E-state index in [1.807, 2.05) is 0 Å². The van der Waals surface area contributed by atoms with Crippen molar-refractivity contribution < 1.29 is 19.4 Å². The molecule has 86 valence electrons. The number of aromatic hydroxyl groups is 1. The van der Waals surface area contributed by atoms with Crippen molar-refractivity contribution >= 4 is 21.7 Å². The number of hydrogen-bond donors (Lipinski definition) is 2. The fourth-order valence-electron chi connectivity index (χ4n) is 1.52. The Hall–Kier alpha value is -1.27. The van der Waals surface area contributed by atoms with Gasteiger partial charge in [0, 0.05) is 12.5 Å². The quantitative estimate of drug-likeness (QED) is 0.822. The second-order valence-electron chi connectivity index (χ2n) is 3.28. The smallest absolute Gasteiger partial charge is 0.231 e. The maximum atomic E-state index is 11.8. The van der Waals surface area contributed by atoms with Gasteiger partial charge in [0.15, 0.2) is 17.3 Å². The number of phenolic OH excluding ortho intramolecular Hbond substituents is 1. The highest BCUT2D eigenvalue weighted by Gasteiger charge is 2.27. The van der Waals surface area contributed by atoms with Crippen LogP contribution in [-0.4, -0.2) is 24.2 Å². The predicted octanol–water partition coefficient (Wildman–Crippen LogP) is 1.41. The summed E-state index contributed by atoms with van der Waals surface area (Å²) in [4.78, 5) is 11.8. The lowest BCUT2D eigenvalue weighted by Crippen LogP contribution is -2.09. The Morgan fingerprint density at radius 1 is 1.56 bits per heavy atom. The fraction of sp³-hybridized carbons (Fsp3) is 0.300. The first-order valence-corrected chi connectivity index (χ1v) is 5.48. The number of ether oxygens (including phenoxy) is 2. The highest BCUT2D eigenvalue weighted by molar-refractivity contribution is 9.10. The third-order valence-electron chi connectivity index (χ3n) is 2.24. The highest BCUT2D eigenvalue weighted by Crippen LogP contribution is 2.45. The number of phenols is 1. The minimum atomic E-state index is -0.261. The van der Waals surface area contributed by atoms with Crippen LogP contribution in [0.5, 0.6) is 17.2 Å². The summed E-state index contributed by atoms with van der Waals surface area (Å²) in [6.45, 7) is 0.272. The van der Waals surface area contributed by atoms with Crippen LogP contribution in [0.2, 0.25) is 0 Å². The summed E-state index contributed by atoms with van der Waals surface area (Å²) < 4.78 is 10.7. The number of benzene rings is 1. The largest absolute Gasteiger partial charge is 0.506 e. The highest BCUT2D eigenvalue weighted by atomic mass is 79.9. The van der Waals surface area contributed by atoms with Crippen molar-refractivity contribution in [3.8, 4) is 17.2 Å². The normalized spacial score (nSPS) is 12.9. The van der Waals surface area contributed by atoms with Crippen LogP contribution in [0.4, 0.5) is 0 Å². The molecule has 5 nitrogen and oxygen atoms in total. The molecule has 0 amide bonds. The Morgan fingerprint density at radius 3 is 3.00 bits per heavy atom. The Bertz CT molecular complexity index is 447. The monoisotopic (exact) mass is 287 g/mol. The van der Waals surface area contributed by atoms with Crippen molar-refractivity contribution in [2.24, 2.45) is 5.73 Å². The van der Waals surface area contributed by atoms with Crippen molar-refractivity contribution in [2.45, 2.75) is 6.42 Å². The summed E-state index contributed by atoms with van der Waals surface area (Å²) in [6, 6.07) is 1.57. The van der Waals surface area contributed by atoms with Gasteiger partial charge in [-0.1, -0.05) is 0 Å². The third kappa shape index (κ3) is 1.74. The van der Waals surface area contributed by atoms with Gasteiger partial charge >= 0.3 is 0 Å². The number of hydrogen-bond acceptors (Lipinski definition) is 5. The van der Waals surface area contributed by atoms with Gasteiger partial charge in [0.1, 0.15) is 11.3 Å². The van der Waals surface area contributed by atoms with Crippen molar-refractivity contribution in [1.82, 2.24) is 0 Å². The molecule has 1 aliphatic heterocycles. The van der Waals surface area contributed by atoms with Crippen LogP contribution in [-0.2, 0) is 0 Å². The molecule has 0 atom stereocenters. The van der Waals surface area contributed by atoms with Crippen LogP contribution < -0.4 is 15.2 Å². The molecule has 0 bridgehead atoms. The Morgan fingerprint density at radius 2 is 2.31 bits per heavy atom. The van der Waals surface area contributed by atoms with E-state index in [9.17, 15) is 9.90 Å². The molecule has 0 spiro atoms. The van der Waals surface area contributed by atoms with E-state index in [0.717, 1.165) is 0 Å². The Labute approximate surface area is 100 Å². The van der Waals surface area contributed by atoms with Gasteiger partial charge in [-0.15, -0.1) is 0 Å². The van der Waals surface area contributed by atoms with E-state index in [1.165, 1.54) is 0 Å². The van der Waals surface area contributed by atoms with Crippen LogP contribution in [0, 0.1) is 0 Å². The van der Waals surface area contributed by atoms with Crippen LogP contribution >= 0.6 is 15.9 Å². The molecular weight excluding hydrogens is 278 g/mol. The molecule has 16 heavy (non-hydrogen) atoms. The molecular formula is C10H10BrNO4. The van der Waals surface area contributed by atoms with Crippen molar-refractivity contribution in [3.63, 3.8) is 0 Å². The number of rotatable bonds is 3. The summed E-state index contributed by atoms with van der Waals surface area (Å²) >= 11 is 3.15. The van der Waals surface area contributed by atoms with Gasteiger partial charge in [-0.2, -0.15) is 0 Å². The third-order valence-corrected chi connectivity index (χ3v) is 2.84. The lowest BCUT2D eigenvalue weighted by atomic mass is 10.1. The predicted molar refractivity (Wildman–Crippen MR) is 59.9 cm³/mol. The zero-order valence-corrected chi connectivity index (χ0v) is 9.91. The maximum absolute atomic E-state index is 11.8. The average Bonchev–Trinajstić information content (AvgIpc) is 2.67. The molecule has 0 unspecified atom stereocenters. The standard InChI is InChI=1S/C10H10BrNO4/c11-5-3-7-10(16-4-15-7)8(9(5)14)6(13)1-2-12/h3,14H,1-2,4,12H2. The molecule has 1 aromatic rings. The Kier molecular flexibility index (Phi) is 3.02. The summed E-state index contributed by atoms with van der Waals surface area (Å²) in [6.07, 6.45) is 0.153. The van der Waals surface area contributed by atoms with Gasteiger partial charge in [0.2, 0.25) is 6.79 Å². The van der Waals surface area contributed by atoms with E-state index < -0.39 is 0 Å². The molecule has 0 saturated heterocycles. The number of fused-ring (bicyclic) bond motifs is 1. The fourth-order valence-corrected chi connectivity index (χ4v) is 1.92. The molecule has 0 aromatic heterocycles. The molecule has 0 saturated carbocycles. The number of carbonyl (C=O) groups excluding carboxylic acids is 1. The van der Waals surface area contributed by atoms with Gasteiger partial charge in [-0.05, 0) is 22.5 Å². The summed E-state index contributed by atoms with van der Waals surface area (Å²) in [7, 11) is 0. The number of ketones is 1. The molecule has 0 aliphatic carbocycles. The first-order chi connectivity index (χ1) is 7.65. The molecule has 1 aliphatic rings. The molecule has 1 heterocycles. The second kappa shape index (κ2) is 4.31. The van der Waals surface area contributed by atoms with Gasteiger partial charge in [-0.25, -0.2) is 0 Å². The first-order valence-electron chi connectivity index (χ1n) is 4.69. The molecule has 0 radical (unpaired) electrons. The van der Waals surface area contributed by atoms with E-state index in [2.05, 4.69) is 15.9 Å². The zero-order valence-electron chi connectivity index (χ0n) is 8.33. The van der Waals surface area contributed by atoms with Crippen LogP contribution in [0.25, 0.3) is 0 Å². The maximum Gasteiger partial charge on any atom is 0.231 e. The van der Waals surface area contributed by atoms with Crippen molar-refractivity contribution in [3.05, 3.63) is 16.1 Å². The zero-order chi connectivity index (χ0) is 11.7. The lowest BCUT2D eigenvalue weighted by molar-refractivity contribution is 0.0978. The number of carbonyl (C=O) groups is 1. The molecule has 6 heteroatoms. The summed E-state index contributed by atoms with van der Waals surface area (Å²) in [5, 5.41) is 9.81. The topological polar surface area (TPSA) is 81.8 Å². The summed E-state index contributed by atoms with van der Waals surface area (Å²) in [5.74, 6) is 0.343. The van der Waals surface area contributed by atoms with E-state index in [0.29, 0.717) is 16.0 Å². The van der Waals surface area contributed by atoms with E-state index in [1.54, 1.807) is 6.07 Å². The Balaban J connectivity index is 2.54. The summed E-state index contributed by atoms with van der Waals surface area (Å²) in [5.41, 5.74) is 5.45. The minimum Gasteiger partial charge on any atom is -0.506 e. The van der Waals surface area contributed by atoms with Gasteiger partial charge < -0.3 is 20.3 Å². The first kappa shape index (κ1) is 11.2. The van der Waals surface area contributed by atoms with Crippen molar-refractivity contribution in [1.29, 1.82) is 0 Å². The van der Waals surface area contributed by atoms with E-state index in [4.69, 9.17) is 15.2 Å². The van der Waals surface area contributed by atoms with Crippen molar-refractivity contribution in [2.75, 3.05) is 13.3 Å². The minimum absolute atomic E-state index is 0.0497. The lowest BCUT2D eigenvalue weighted by Gasteiger charge is -2.08. The average molecular weight is 288 g/mol. The molecule has 1 aromatic carbocycles. The van der Waals surface area contributed by atoms with E-state index >= 15 is 0 Å². The van der Waals surface area contributed by atoms with E-state index in [-0.39, 0.29) is 36.9 Å². The van der Waals surface area contributed by atoms with Crippen LogP contribution in [0.15, 0.2) is 10.5 Å². The van der Waals surface area contributed by atoms with Gasteiger partial charge in [-0.3, -0.25) is 4.79 Å². The number of halogens is 1. The van der Waals surface area contributed by atoms with Gasteiger partial charge in [0.25, 0.3) is 0 Å². The van der Waals surface area contributed by atoms with Crippen LogP contribution in [0.3, 0.4) is 0 Å². The van der Waals surface area contributed by atoms with Crippen LogP contribution in [0.1, 0.15) is 16.8 Å². The second-order valence-corrected chi connectivity index (χ2v) is 4.13. The number of nitrogens with two attached hydrogens (primary N) is 1.